The van der Waals surface area contributed by atoms with Crippen LogP contribution in [0.1, 0.15) is 72.6 Å². The Morgan fingerprint density at radius 2 is 1.69 bits per heavy atom. The highest BCUT2D eigenvalue weighted by molar-refractivity contribution is 4.72. The van der Waals surface area contributed by atoms with Gasteiger partial charge in [-0.15, -0.1) is 0 Å². The molecule has 0 bridgehead atoms. The lowest BCUT2D eigenvalue weighted by Crippen LogP contribution is -2.27. The van der Waals surface area contributed by atoms with Crippen molar-refractivity contribution in [1.82, 2.24) is 0 Å². The zero-order chi connectivity index (χ0) is 12.0. The Morgan fingerprint density at radius 1 is 1.06 bits per heavy atom. The third-order valence-corrected chi connectivity index (χ3v) is 4.17. The lowest BCUT2D eigenvalue weighted by Gasteiger charge is -2.30. The number of hydrogen-bond acceptors (Lipinski definition) is 1. The smallest absolute Gasteiger partial charge is 0.0579 e. The first-order valence-electron chi connectivity index (χ1n) is 7.31. The molecular formula is C15H30O. The average molecular weight is 226 g/mol. The van der Waals surface area contributed by atoms with Crippen molar-refractivity contribution in [2.24, 2.45) is 11.8 Å². The van der Waals surface area contributed by atoms with Gasteiger partial charge >= 0.3 is 0 Å². The summed E-state index contributed by atoms with van der Waals surface area (Å²) in [5.41, 5.74) is 0. The summed E-state index contributed by atoms with van der Waals surface area (Å²) in [5.74, 6) is 1.74. The molecule has 0 aromatic carbocycles. The van der Waals surface area contributed by atoms with Gasteiger partial charge in [0, 0.05) is 0 Å². The normalized spacial score (nSPS) is 30.0. The molecule has 1 nitrogen and oxygen atoms in total. The van der Waals surface area contributed by atoms with Crippen LogP contribution in [0.2, 0.25) is 0 Å². The lowest BCUT2D eigenvalue weighted by atomic mass is 9.88. The first kappa shape index (κ1) is 14.0. The fraction of sp³-hybridized carbons (Fsp3) is 1.00. The Labute approximate surface area is 102 Å². The van der Waals surface area contributed by atoms with Crippen molar-refractivity contribution in [3.8, 4) is 0 Å². The molecule has 0 heterocycles. The van der Waals surface area contributed by atoms with Gasteiger partial charge < -0.3 is 4.74 Å². The van der Waals surface area contributed by atoms with Crippen LogP contribution in [-0.2, 0) is 4.74 Å². The monoisotopic (exact) mass is 226 g/mol. The molecule has 0 radical (unpaired) electrons. The summed E-state index contributed by atoms with van der Waals surface area (Å²) in [5, 5.41) is 0. The molecular weight excluding hydrogens is 196 g/mol. The third kappa shape index (κ3) is 4.86. The molecule has 0 N–H and O–H groups in total. The van der Waals surface area contributed by atoms with E-state index >= 15 is 0 Å². The maximum atomic E-state index is 6.26. The fourth-order valence-corrected chi connectivity index (χ4v) is 2.57. The van der Waals surface area contributed by atoms with E-state index in [0.717, 1.165) is 11.8 Å². The van der Waals surface area contributed by atoms with E-state index in [-0.39, 0.29) is 0 Å². The molecule has 1 fully saturated rings. The van der Waals surface area contributed by atoms with Gasteiger partial charge in [-0.2, -0.15) is 0 Å². The van der Waals surface area contributed by atoms with Gasteiger partial charge in [-0.05, 0) is 50.4 Å². The Morgan fingerprint density at radius 3 is 2.19 bits per heavy atom. The number of hydrogen-bond donors (Lipinski definition) is 0. The van der Waals surface area contributed by atoms with Crippen molar-refractivity contribution in [3.05, 3.63) is 0 Å². The fourth-order valence-electron chi connectivity index (χ4n) is 2.57. The minimum absolute atomic E-state index is 0.508. The van der Waals surface area contributed by atoms with E-state index in [9.17, 15) is 0 Å². The molecule has 0 spiro atoms. The van der Waals surface area contributed by atoms with E-state index in [1.165, 1.54) is 44.9 Å². The van der Waals surface area contributed by atoms with Crippen molar-refractivity contribution in [1.29, 1.82) is 0 Å². The number of ether oxygens (including phenoxy) is 1. The van der Waals surface area contributed by atoms with Gasteiger partial charge in [0.25, 0.3) is 0 Å². The van der Waals surface area contributed by atoms with Crippen LogP contribution in [-0.4, -0.2) is 12.2 Å². The highest BCUT2D eigenvalue weighted by Crippen LogP contribution is 2.28. The van der Waals surface area contributed by atoms with Crippen molar-refractivity contribution in [3.63, 3.8) is 0 Å². The van der Waals surface area contributed by atoms with Gasteiger partial charge in [0.15, 0.2) is 0 Å². The summed E-state index contributed by atoms with van der Waals surface area (Å²) >= 11 is 0. The summed E-state index contributed by atoms with van der Waals surface area (Å²) in [6, 6.07) is 0. The van der Waals surface area contributed by atoms with Gasteiger partial charge in [-0.25, -0.2) is 0 Å². The molecule has 1 aliphatic carbocycles. The van der Waals surface area contributed by atoms with E-state index in [4.69, 9.17) is 4.74 Å². The molecule has 0 amide bonds. The Hall–Kier alpha value is -0.0400. The molecule has 16 heavy (non-hydrogen) atoms. The van der Waals surface area contributed by atoms with E-state index < -0.39 is 0 Å². The predicted molar refractivity (Wildman–Crippen MR) is 70.7 cm³/mol. The van der Waals surface area contributed by atoms with Crippen LogP contribution in [0.5, 0.6) is 0 Å². The van der Waals surface area contributed by atoms with Crippen molar-refractivity contribution in [2.75, 3.05) is 0 Å². The summed E-state index contributed by atoms with van der Waals surface area (Å²) < 4.78 is 6.26. The summed E-state index contributed by atoms with van der Waals surface area (Å²) in [6.07, 6.45) is 10.1. The quantitative estimate of drug-likeness (QED) is 0.632. The van der Waals surface area contributed by atoms with Crippen LogP contribution in [0, 0.1) is 11.8 Å². The molecule has 0 aromatic rings. The molecule has 96 valence electrons. The average Bonchev–Trinajstić information content (AvgIpc) is 2.30. The first-order chi connectivity index (χ1) is 7.65. The topological polar surface area (TPSA) is 9.23 Å². The van der Waals surface area contributed by atoms with E-state index in [2.05, 4.69) is 27.7 Å². The lowest BCUT2D eigenvalue weighted by molar-refractivity contribution is -0.0458. The van der Waals surface area contributed by atoms with Crippen LogP contribution >= 0.6 is 0 Å². The Kier molecular flexibility index (Phi) is 6.41. The molecule has 2 atom stereocenters. The zero-order valence-electron chi connectivity index (χ0n) is 11.7. The standard InChI is InChI=1S/C15H30O/c1-5-12(3)11-14(6-2)16-15-9-7-13(4)8-10-15/h12-15H,5-11H2,1-4H3. The van der Waals surface area contributed by atoms with E-state index in [0.29, 0.717) is 12.2 Å². The van der Waals surface area contributed by atoms with Crippen LogP contribution in [0.4, 0.5) is 0 Å². The highest BCUT2D eigenvalue weighted by atomic mass is 16.5. The Balaban J connectivity index is 2.27. The van der Waals surface area contributed by atoms with Crippen molar-refractivity contribution < 1.29 is 4.74 Å². The largest absolute Gasteiger partial charge is 0.375 e. The SMILES string of the molecule is CCC(C)CC(CC)OC1CCC(C)CC1. The summed E-state index contributed by atoms with van der Waals surface area (Å²) in [7, 11) is 0. The van der Waals surface area contributed by atoms with Gasteiger partial charge in [-0.3, -0.25) is 0 Å². The van der Waals surface area contributed by atoms with Gasteiger partial charge in [0.05, 0.1) is 12.2 Å². The van der Waals surface area contributed by atoms with E-state index in [1.807, 2.05) is 0 Å². The maximum Gasteiger partial charge on any atom is 0.0579 e. The second-order valence-electron chi connectivity index (χ2n) is 5.80. The van der Waals surface area contributed by atoms with Crippen LogP contribution in [0.25, 0.3) is 0 Å². The highest BCUT2D eigenvalue weighted by Gasteiger charge is 2.22. The first-order valence-corrected chi connectivity index (χ1v) is 7.31. The summed E-state index contributed by atoms with van der Waals surface area (Å²) in [4.78, 5) is 0. The minimum atomic E-state index is 0.508. The maximum absolute atomic E-state index is 6.26. The van der Waals surface area contributed by atoms with Crippen molar-refractivity contribution >= 4 is 0 Å². The van der Waals surface area contributed by atoms with Crippen LogP contribution < -0.4 is 0 Å². The molecule has 0 aliphatic heterocycles. The predicted octanol–water partition coefficient (Wildman–Crippen LogP) is 4.80. The molecule has 1 saturated carbocycles. The van der Waals surface area contributed by atoms with Crippen LogP contribution in [0.15, 0.2) is 0 Å². The minimum Gasteiger partial charge on any atom is -0.375 e. The second-order valence-corrected chi connectivity index (χ2v) is 5.80. The molecule has 0 saturated heterocycles. The summed E-state index contributed by atoms with van der Waals surface area (Å²) in [6.45, 7) is 9.25. The third-order valence-electron chi connectivity index (χ3n) is 4.17. The number of rotatable bonds is 6. The molecule has 2 unspecified atom stereocenters. The van der Waals surface area contributed by atoms with Crippen molar-refractivity contribution in [2.45, 2.75) is 84.8 Å². The Bertz CT molecular complexity index is 170. The molecule has 1 heteroatoms. The van der Waals surface area contributed by atoms with Crippen LogP contribution in [0.3, 0.4) is 0 Å². The molecule has 1 rings (SSSR count). The molecule has 0 aromatic heterocycles. The van der Waals surface area contributed by atoms with Gasteiger partial charge in [0.2, 0.25) is 0 Å². The van der Waals surface area contributed by atoms with Gasteiger partial charge in [0.1, 0.15) is 0 Å². The van der Waals surface area contributed by atoms with Gasteiger partial charge in [-0.1, -0.05) is 34.1 Å². The second kappa shape index (κ2) is 7.32. The molecule has 1 aliphatic rings. The zero-order valence-corrected chi connectivity index (χ0v) is 11.7. The van der Waals surface area contributed by atoms with E-state index in [1.54, 1.807) is 0 Å².